The largest absolute Gasteiger partial charge is 0.508 e. The van der Waals surface area contributed by atoms with Gasteiger partial charge in [-0.2, -0.15) is 0 Å². The molecule has 3 aromatic rings. The number of hydrogen-bond acceptors (Lipinski definition) is 3. The number of carboxylic acid groups (broad SMARTS) is 1. The third kappa shape index (κ3) is 1.89. The van der Waals surface area contributed by atoms with E-state index in [0.717, 1.165) is 16.6 Å². The van der Waals surface area contributed by atoms with E-state index in [-0.39, 0.29) is 11.3 Å². The molecule has 0 fully saturated rings. The average molecular weight is 268 g/mol. The van der Waals surface area contributed by atoms with Crippen LogP contribution in [0.5, 0.6) is 5.75 Å². The highest BCUT2D eigenvalue weighted by atomic mass is 16.4. The third-order valence-electron chi connectivity index (χ3n) is 3.30. The van der Waals surface area contributed by atoms with E-state index in [0.29, 0.717) is 5.69 Å². The molecule has 1 aromatic carbocycles. The van der Waals surface area contributed by atoms with E-state index in [2.05, 4.69) is 4.98 Å². The lowest BCUT2D eigenvalue weighted by Gasteiger charge is -2.04. The summed E-state index contributed by atoms with van der Waals surface area (Å²) in [5.74, 6) is -0.789. The Hall–Kier alpha value is -2.82. The minimum atomic E-state index is -0.981. The average Bonchev–Trinajstić information content (AvgIpc) is 2.76. The molecule has 0 spiro atoms. The molecular formula is C15H12N2O3. The van der Waals surface area contributed by atoms with Crippen LogP contribution in [0.3, 0.4) is 0 Å². The highest BCUT2D eigenvalue weighted by Crippen LogP contribution is 2.28. The highest BCUT2D eigenvalue weighted by molar-refractivity contribution is 5.90. The first-order valence-electron chi connectivity index (χ1n) is 6.04. The van der Waals surface area contributed by atoms with Crippen LogP contribution in [0.25, 0.3) is 22.3 Å². The van der Waals surface area contributed by atoms with Gasteiger partial charge in [-0.15, -0.1) is 0 Å². The van der Waals surface area contributed by atoms with Crippen molar-refractivity contribution in [1.29, 1.82) is 0 Å². The molecule has 2 aromatic heterocycles. The highest BCUT2D eigenvalue weighted by Gasteiger charge is 2.11. The van der Waals surface area contributed by atoms with Crippen LogP contribution in [0.2, 0.25) is 0 Å². The molecule has 0 radical (unpaired) electrons. The number of aromatic carboxylic acids is 1. The van der Waals surface area contributed by atoms with Gasteiger partial charge in [0.2, 0.25) is 0 Å². The topological polar surface area (TPSA) is 75.4 Å². The summed E-state index contributed by atoms with van der Waals surface area (Å²) >= 11 is 0. The molecule has 0 aliphatic rings. The van der Waals surface area contributed by atoms with E-state index in [9.17, 15) is 9.90 Å². The zero-order valence-electron chi connectivity index (χ0n) is 10.7. The van der Waals surface area contributed by atoms with Crippen molar-refractivity contribution in [3.63, 3.8) is 0 Å². The Kier molecular flexibility index (Phi) is 2.68. The Morgan fingerprint density at radius 1 is 1.20 bits per heavy atom. The Balaban J connectivity index is 2.22. The molecule has 0 aliphatic heterocycles. The summed E-state index contributed by atoms with van der Waals surface area (Å²) in [7, 11) is 1.85. The van der Waals surface area contributed by atoms with Gasteiger partial charge in [-0.1, -0.05) is 0 Å². The van der Waals surface area contributed by atoms with Crippen LogP contribution in [-0.2, 0) is 7.05 Å². The van der Waals surface area contributed by atoms with Crippen LogP contribution in [0.1, 0.15) is 10.4 Å². The molecule has 0 saturated heterocycles. The van der Waals surface area contributed by atoms with Crippen molar-refractivity contribution in [2.24, 2.45) is 7.05 Å². The molecule has 0 amide bonds. The summed E-state index contributed by atoms with van der Waals surface area (Å²) in [5.41, 5.74) is 2.45. The minimum absolute atomic E-state index is 0.192. The lowest BCUT2D eigenvalue weighted by atomic mass is 10.2. The van der Waals surface area contributed by atoms with Crippen LogP contribution in [-0.4, -0.2) is 25.7 Å². The molecule has 2 heterocycles. The molecule has 0 atom stereocenters. The maximum atomic E-state index is 11.0. The summed E-state index contributed by atoms with van der Waals surface area (Å²) in [5, 5.41) is 19.5. The van der Waals surface area contributed by atoms with Gasteiger partial charge in [-0.05, 0) is 30.3 Å². The van der Waals surface area contributed by atoms with Crippen molar-refractivity contribution in [3.05, 3.63) is 48.2 Å². The molecule has 5 nitrogen and oxygen atoms in total. The number of aromatic nitrogens is 2. The van der Waals surface area contributed by atoms with Gasteiger partial charge in [0, 0.05) is 24.7 Å². The predicted molar refractivity (Wildman–Crippen MR) is 74.8 cm³/mol. The molecule has 0 unspecified atom stereocenters. The lowest BCUT2D eigenvalue weighted by molar-refractivity contribution is 0.0697. The number of fused-ring (bicyclic) bond motifs is 1. The van der Waals surface area contributed by atoms with Crippen LogP contribution in [0.15, 0.2) is 42.6 Å². The fourth-order valence-electron chi connectivity index (χ4n) is 2.27. The molecule has 100 valence electrons. The van der Waals surface area contributed by atoms with Gasteiger partial charge < -0.3 is 14.8 Å². The van der Waals surface area contributed by atoms with Gasteiger partial charge in [0.1, 0.15) is 5.75 Å². The second-order valence-corrected chi connectivity index (χ2v) is 4.57. The molecule has 3 rings (SSSR count). The van der Waals surface area contributed by atoms with Crippen LogP contribution < -0.4 is 0 Å². The quantitative estimate of drug-likeness (QED) is 0.749. The number of aryl methyl sites for hydroxylation is 1. The van der Waals surface area contributed by atoms with Gasteiger partial charge in [-0.3, -0.25) is 4.98 Å². The number of carboxylic acids is 1. The minimum Gasteiger partial charge on any atom is -0.508 e. The summed E-state index contributed by atoms with van der Waals surface area (Å²) in [6.07, 6.45) is 1.48. The van der Waals surface area contributed by atoms with E-state index in [1.165, 1.54) is 18.3 Å². The second kappa shape index (κ2) is 4.38. The zero-order valence-corrected chi connectivity index (χ0v) is 10.7. The van der Waals surface area contributed by atoms with Crippen molar-refractivity contribution in [3.8, 4) is 17.1 Å². The maximum Gasteiger partial charge on any atom is 0.335 e. The van der Waals surface area contributed by atoms with E-state index in [1.54, 1.807) is 12.1 Å². The first kappa shape index (κ1) is 12.2. The number of pyridine rings is 1. The number of aromatic hydroxyl groups is 1. The maximum absolute atomic E-state index is 11.0. The number of phenols is 1. The summed E-state index contributed by atoms with van der Waals surface area (Å²) < 4.78 is 1.88. The number of carbonyl (C=O) groups is 1. The second-order valence-electron chi connectivity index (χ2n) is 4.57. The first-order valence-corrected chi connectivity index (χ1v) is 6.04. The number of benzene rings is 1. The van der Waals surface area contributed by atoms with Gasteiger partial charge >= 0.3 is 5.97 Å². The Bertz CT molecular complexity index is 821. The summed E-state index contributed by atoms with van der Waals surface area (Å²) in [6.45, 7) is 0. The Labute approximate surface area is 114 Å². The van der Waals surface area contributed by atoms with Crippen molar-refractivity contribution in [1.82, 2.24) is 9.55 Å². The fraction of sp³-hybridized carbons (Fsp3) is 0.0667. The van der Waals surface area contributed by atoms with Gasteiger partial charge in [-0.25, -0.2) is 4.79 Å². The number of nitrogens with zero attached hydrogens (tertiary/aromatic N) is 2. The van der Waals surface area contributed by atoms with Crippen molar-refractivity contribution in [2.75, 3.05) is 0 Å². The first-order chi connectivity index (χ1) is 9.56. The van der Waals surface area contributed by atoms with E-state index in [1.807, 2.05) is 23.7 Å². The molecular weight excluding hydrogens is 256 g/mol. The molecule has 20 heavy (non-hydrogen) atoms. The monoisotopic (exact) mass is 268 g/mol. The molecule has 0 bridgehead atoms. The smallest absolute Gasteiger partial charge is 0.335 e. The van der Waals surface area contributed by atoms with Gasteiger partial charge in [0.25, 0.3) is 0 Å². The molecule has 0 aliphatic carbocycles. The Morgan fingerprint density at radius 2 is 2.00 bits per heavy atom. The fourth-order valence-corrected chi connectivity index (χ4v) is 2.27. The zero-order chi connectivity index (χ0) is 14.3. The third-order valence-corrected chi connectivity index (χ3v) is 3.30. The SMILES string of the molecule is Cn1c(-c2cc(C(=O)O)ccn2)cc2ccc(O)cc21. The van der Waals surface area contributed by atoms with E-state index >= 15 is 0 Å². The molecule has 0 saturated carbocycles. The summed E-state index contributed by atoms with van der Waals surface area (Å²) in [4.78, 5) is 15.2. The summed E-state index contributed by atoms with van der Waals surface area (Å²) in [6, 6.07) is 10.0. The Morgan fingerprint density at radius 3 is 2.75 bits per heavy atom. The number of rotatable bonds is 2. The van der Waals surface area contributed by atoms with Crippen LogP contribution >= 0.6 is 0 Å². The number of phenolic OH excluding ortho intramolecular Hbond substituents is 1. The van der Waals surface area contributed by atoms with Crippen molar-refractivity contribution < 1.29 is 15.0 Å². The normalized spacial score (nSPS) is 10.8. The lowest BCUT2D eigenvalue weighted by Crippen LogP contribution is -1.99. The van der Waals surface area contributed by atoms with E-state index in [4.69, 9.17) is 5.11 Å². The van der Waals surface area contributed by atoms with Crippen molar-refractivity contribution >= 4 is 16.9 Å². The molecule has 5 heteroatoms. The predicted octanol–water partition coefficient (Wildman–Crippen LogP) is 2.64. The van der Waals surface area contributed by atoms with Gasteiger partial charge in [0.15, 0.2) is 0 Å². The van der Waals surface area contributed by atoms with E-state index < -0.39 is 5.97 Å². The van der Waals surface area contributed by atoms with Gasteiger partial charge in [0.05, 0.1) is 22.5 Å². The molecule has 2 N–H and O–H groups in total. The van der Waals surface area contributed by atoms with Crippen LogP contribution in [0.4, 0.5) is 0 Å². The van der Waals surface area contributed by atoms with Crippen molar-refractivity contribution in [2.45, 2.75) is 0 Å². The standard InChI is InChI=1S/C15H12N2O3/c1-17-13-8-11(18)3-2-9(13)7-14(17)12-6-10(15(19)20)4-5-16-12/h2-8,18H,1H3,(H,19,20). The number of hydrogen-bond donors (Lipinski definition) is 2. The van der Waals surface area contributed by atoms with Crippen LogP contribution in [0, 0.1) is 0 Å².